The fraction of sp³-hybridized carbons (Fsp3) is 0.375. The van der Waals surface area contributed by atoms with Crippen molar-refractivity contribution in [3.05, 3.63) is 59.7 Å². The van der Waals surface area contributed by atoms with Crippen molar-refractivity contribution in [1.29, 1.82) is 0 Å². The second kappa shape index (κ2) is 10.7. The summed E-state index contributed by atoms with van der Waals surface area (Å²) in [6, 6.07) is 13.3. The number of para-hydroxylation sites is 1. The predicted octanol–water partition coefficient (Wildman–Crippen LogP) is 3.93. The molecule has 3 rings (SSSR count). The first-order chi connectivity index (χ1) is 14.6. The molecule has 0 N–H and O–H groups in total. The highest BCUT2D eigenvalue weighted by atomic mass is 16.5. The van der Waals surface area contributed by atoms with Crippen molar-refractivity contribution in [3.63, 3.8) is 0 Å². The molecule has 30 heavy (non-hydrogen) atoms. The van der Waals surface area contributed by atoms with Crippen molar-refractivity contribution >= 4 is 12.0 Å². The Hall–Kier alpha value is -2.99. The van der Waals surface area contributed by atoms with Crippen LogP contribution in [0.15, 0.2) is 48.5 Å². The van der Waals surface area contributed by atoms with Gasteiger partial charge in [-0.1, -0.05) is 18.2 Å². The minimum absolute atomic E-state index is 0.0639. The number of ether oxygens (including phenoxy) is 4. The summed E-state index contributed by atoms with van der Waals surface area (Å²) in [5, 5.41) is 0. The molecular weight excluding hydrogens is 382 g/mol. The van der Waals surface area contributed by atoms with Gasteiger partial charge in [0.2, 0.25) is 5.91 Å². The lowest BCUT2D eigenvalue weighted by Gasteiger charge is -2.25. The molecule has 1 fully saturated rings. The lowest BCUT2D eigenvalue weighted by molar-refractivity contribution is -0.128. The van der Waals surface area contributed by atoms with Crippen molar-refractivity contribution in [2.24, 2.45) is 0 Å². The Balaban J connectivity index is 1.79. The van der Waals surface area contributed by atoms with Crippen LogP contribution in [0.5, 0.6) is 17.2 Å². The maximum absolute atomic E-state index is 13.1. The molecule has 0 aliphatic carbocycles. The van der Waals surface area contributed by atoms with Crippen molar-refractivity contribution in [2.75, 3.05) is 34.5 Å². The fourth-order valence-corrected chi connectivity index (χ4v) is 3.50. The van der Waals surface area contributed by atoms with E-state index in [1.54, 1.807) is 39.5 Å². The molecule has 160 valence electrons. The first kappa shape index (κ1) is 21.7. The topological polar surface area (TPSA) is 57.2 Å². The van der Waals surface area contributed by atoms with Crippen LogP contribution in [0.3, 0.4) is 0 Å². The van der Waals surface area contributed by atoms with Crippen LogP contribution in [-0.4, -0.2) is 51.4 Å². The summed E-state index contributed by atoms with van der Waals surface area (Å²) in [4.78, 5) is 14.9. The lowest BCUT2D eigenvalue weighted by Crippen LogP contribution is -2.36. The maximum atomic E-state index is 13.1. The third-order valence-corrected chi connectivity index (χ3v) is 5.11. The lowest BCUT2D eigenvalue weighted by atomic mass is 10.1. The minimum Gasteiger partial charge on any atom is -0.497 e. The third-order valence-electron chi connectivity index (χ3n) is 5.11. The molecule has 1 heterocycles. The molecule has 0 radical (unpaired) electrons. The second-order valence-corrected chi connectivity index (χ2v) is 7.14. The monoisotopic (exact) mass is 411 g/mol. The number of carbonyl (C=O) groups is 1. The van der Waals surface area contributed by atoms with Gasteiger partial charge in [-0.15, -0.1) is 0 Å². The van der Waals surface area contributed by atoms with E-state index in [-0.39, 0.29) is 12.0 Å². The highest BCUT2D eigenvalue weighted by Crippen LogP contribution is 2.24. The Bertz CT molecular complexity index is 851. The number of benzene rings is 2. The van der Waals surface area contributed by atoms with E-state index >= 15 is 0 Å². The van der Waals surface area contributed by atoms with Gasteiger partial charge in [-0.05, 0) is 42.7 Å². The molecule has 6 heteroatoms. The van der Waals surface area contributed by atoms with Crippen molar-refractivity contribution in [2.45, 2.75) is 25.5 Å². The van der Waals surface area contributed by atoms with Gasteiger partial charge in [0.05, 0.1) is 27.4 Å². The van der Waals surface area contributed by atoms with E-state index in [9.17, 15) is 4.79 Å². The van der Waals surface area contributed by atoms with Gasteiger partial charge in [0, 0.05) is 37.4 Å². The molecule has 1 unspecified atom stereocenters. The molecule has 0 spiro atoms. The van der Waals surface area contributed by atoms with Gasteiger partial charge in [0.15, 0.2) is 0 Å². The summed E-state index contributed by atoms with van der Waals surface area (Å²) in [7, 11) is 4.84. The Labute approximate surface area is 178 Å². The van der Waals surface area contributed by atoms with Crippen molar-refractivity contribution in [1.82, 2.24) is 4.90 Å². The summed E-state index contributed by atoms with van der Waals surface area (Å²) in [5.74, 6) is 2.03. The summed E-state index contributed by atoms with van der Waals surface area (Å²) in [6.07, 6.45) is 5.42. The van der Waals surface area contributed by atoms with Crippen LogP contribution in [0.1, 0.15) is 24.0 Å². The largest absolute Gasteiger partial charge is 0.497 e. The van der Waals surface area contributed by atoms with E-state index in [0.717, 1.165) is 36.3 Å². The maximum Gasteiger partial charge on any atom is 0.246 e. The van der Waals surface area contributed by atoms with Crippen LogP contribution in [0.25, 0.3) is 6.08 Å². The van der Waals surface area contributed by atoms with Crippen LogP contribution < -0.4 is 14.2 Å². The molecule has 2 aromatic rings. The number of nitrogens with zero attached hydrogens (tertiary/aromatic N) is 1. The number of carbonyl (C=O) groups excluding carboxylic acids is 1. The molecular formula is C24H29NO5. The Morgan fingerprint density at radius 3 is 2.47 bits per heavy atom. The number of rotatable bonds is 9. The van der Waals surface area contributed by atoms with Crippen molar-refractivity contribution < 1.29 is 23.7 Å². The van der Waals surface area contributed by atoms with E-state index in [0.29, 0.717) is 24.6 Å². The average molecular weight is 411 g/mol. The molecule has 1 atom stereocenters. The molecule has 1 aliphatic rings. The molecule has 6 nitrogen and oxygen atoms in total. The molecule has 0 saturated carbocycles. The van der Waals surface area contributed by atoms with Gasteiger partial charge >= 0.3 is 0 Å². The van der Waals surface area contributed by atoms with E-state index in [1.807, 2.05) is 41.3 Å². The number of amides is 1. The van der Waals surface area contributed by atoms with Gasteiger partial charge in [0.25, 0.3) is 0 Å². The highest BCUT2D eigenvalue weighted by Gasteiger charge is 2.22. The highest BCUT2D eigenvalue weighted by molar-refractivity contribution is 5.92. The SMILES string of the molecule is COc1cc(/C=C/C(=O)N(Cc2ccccc2OC)CC2CCCO2)cc(OC)c1. The summed E-state index contributed by atoms with van der Waals surface area (Å²) in [5.41, 5.74) is 1.79. The zero-order chi connectivity index (χ0) is 21.3. The Kier molecular flexibility index (Phi) is 7.74. The summed E-state index contributed by atoms with van der Waals surface area (Å²) < 4.78 is 21.8. The van der Waals surface area contributed by atoms with Crippen molar-refractivity contribution in [3.8, 4) is 17.2 Å². The second-order valence-electron chi connectivity index (χ2n) is 7.14. The van der Waals surface area contributed by atoms with E-state index in [1.165, 1.54) is 0 Å². The number of methoxy groups -OCH3 is 3. The van der Waals surface area contributed by atoms with E-state index in [4.69, 9.17) is 18.9 Å². The van der Waals surface area contributed by atoms with E-state index in [2.05, 4.69) is 0 Å². The summed E-state index contributed by atoms with van der Waals surface area (Å²) in [6.45, 7) is 1.75. The van der Waals surface area contributed by atoms with Crippen LogP contribution in [0.4, 0.5) is 0 Å². The first-order valence-corrected chi connectivity index (χ1v) is 10.1. The number of hydrogen-bond donors (Lipinski definition) is 0. The van der Waals surface area contributed by atoms with Gasteiger partial charge in [-0.3, -0.25) is 4.79 Å². The van der Waals surface area contributed by atoms with Gasteiger partial charge in [-0.2, -0.15) is 0 Å². The molecule has 1 amide bonds. The molecule has 0 aromatic heterocycles. The Morgan fingerprint density at radius 1 is 1.10 bits per heavy atom. The zero-order valence-corrected chi connectivity index (χ0v) is 17.8. The van der Waals surface area contributed by atoms with Crippen LogP contribution in [-0.2, 0) is 16.1 Å². The first-order valence-electron chi connectivity index (χ1n) is 10.1. The van der Waals surface area contributed by atoms with Gasteiger partial charge in [-0.25, -0.2) is 0 Å². The van der Waals surface area contributed by atoms with E-state index < -0.39 is 0 Å². The molecule has 1 saturated heterocycles. The molecule has 2 aromatic carbocycles. The Morgan fingerprint density at radius 2 is 1.83 bits per heavy atom. The zero-order valence-electron chi connectivity index (χ0n) is 17.8. The third kappa shape index (κ3) is 5.76. The smallest absolute Gasteiger partial charge is 0.246 e. The van der Waals surface area contributed by atoms with Crippen LogP contribution >= 0.6 is 0 Å². The summed E-state index contributed by atoms with van der Waals surface area (Å²) >= 11 is 0. The van der Waals surface area contributed by atoms with Gasteiger partial charge < -0.3 is 23.8 Å². The molecule has 0 bridgehead atoms. The minimum atomic E-state index is -0.0850. The molecule has 1 aliphatic heterocycles. The standard InChI is InChI=1S/C24H29NO5/c1-27-21-13-18(14-22(15-21)28-2)10-11-24(26)25(17-20-8-6-12-30-20)16-19-7-4-5-9-23(19)29-3/h4-5,7,9-11,13-15,20H,6,8,12,16-17H2,1-3H3/b11-10+. The van der Waals surface area contributed by atoms with Crippen LogP contribution in [0, 0.1) is 0 Å². The fourth-order valence-electron chi connectivity index (χ4n) is 3.50. The van der Waals surface area contributed by atoms with Crippen LogP contribution in [0.2, 0.25) is 0 Å². The normalized spacial score (nSPS) is 15.9. The quantitative estimate of drug-likeness (QED) is 0.585. The number of hydrogen-bond acceptors (Lipinski definition) is 5. The predicted molar refractivity (Wildman–Crippen MR) is 116 cm³/mol. The average Bonchev–Trinajstić information content (AvgIpc) is 3.30. The van der Waals surface area contributed by atoms with Gasteiger partial charge in [0.1, 0.15) is 17.2 Å².